The summed E-state index contributed by atoms with van der Waals surface area (Å²) in [5.41, 5.74) is 5.66. The van der Waals surface area contributed by atoms with Crippen molar-refractivity contribution in [2.24, 2.45) is 0 Å². The largest absolute Gasteiger partial charge is 0.632 e. The molecule has 1 saturated heterocycles. The Hall–Kier alpha value is -4.06. The van der Waals surface area contributed by atoms with Crippen molar-refractivity contribution in [3.63, 3.8) is 0 Å². The van der Waals surface area contributed by atoms with Gasteiger partial charge >= 0.3 is 7.12 Å². The number of imidazole rings is 1. The predicted octanol–water partition coefficient (Wildman–Crippen LogP) is 4.47. The Morgan fingerprint density at radius 3 is 2.17 bits per heavy atom. The molecule has 1 aliphatic heterocycles. The van der Waals surface area contributed by atoms with Crippen LogP contribution in [0.5, 0.6) is 0 Å². The number of hydrogen-bond acceptors (Lipinski definition) is 4. The molecule has 2 aromatic heterocycles. The van der Waals surface area contributed by atoms with Crippen molar-refractivity contribution in [3.8, 4) is 11.4 Å². The van der Waals surface area contributed by atoms with Crippen molar-refractivity contribution in [2.45, 2.75) is 0 Å². The minimum atomic E-state index is -0.516. The highest BCUT2D eigenvalue weighted by Gasteiger charge is 2.34. The van der Waals surface area contributed by atoms with Crippen LogP contribution in [-0.4, -0.2) is 21.5 Å². The van der Waals surface area contributed by atoms with E-state index in [1.165, 1.54) is 0 Å². The maximum atomic E-state index is 5.63. The molecule has 3 aromatic carbocycles. The third kappa shape index (κ3) is 2.44. The van der Waals surface area contributed by atoms with E-state index in [-0.39, 0.29) is 0 Å². The van der Waals surface area contributed by atoms with Gasteiger partial charge in [0.25, 0.3) is 0 Å². The first-order valence-corrected chi connectivity index (χ1v) is 9.67. The Morgan fingerprint density at radius 1 is 0.733 bits per heavy atom. The van der Waals surface area contributed by atoms with Gasteiger partial charge in [-0.25, -0.2) is 9.97 Å². The molecule has 5 nitrogen and oxygen atoms in total. The van der Waals surface area contributed by atoms with Crippen molar-refractivity contribution in [1.29, 1.82) is 0 Å². The molecule has 5 aromatic rings. The highest BCUT2D eigenvalue weighted by molar-refractivity contribution is 6.62. The van der Waals surface area contributed by atoms with E-state index in [1.807, 2.05) is 60.7 Å². The van der Waals surface area contributed by atoms with Crippen molar-refractivity contribution < 1.29 is 9.31 Å². The Balaban J connectivity index is 1.56. The summed E-state index contributed by atoms with van der Waals surface area (Å²) >= 11 is 0. The topological polar surface area (TPSA) is 48.7 Å². The third-order valence-electron chi connectivity index (χ3n) is 5.39. The summed E-state index contributed by atoms with van der Waals surface area (Å²) < 4.78 is 13.4. The molecule has 0 atom stereocenters. The minimum Gasteiger partial charge on any atom is -0.520 e. The summed E-state index contributed by atoms with van der Waals surface area (Å²) in [5, 5.41) is 1.03. The van der Waals surface area contributed by atoms with E-state index in [0.29, 0.717) is 11.5 Å². The molecule has 0 N–H and O–H groups in total. The second-order valence-corrected chi connectivity index (χ2v) is 7.25. The molecular weight excluding hydrogens is 373 g/mol. The van der Waals surface area contributed by atoms with Crippen molar-refractivity contribution in [3.05, 3.63) is 97.5 Å². The summed E-state index contributed by atoms with van der Waals surface area (Å²) in [5.74, 6) is 1.77. The fraction of sp³-hybridized carbons (Fsp3) is 0. The van der Waals surface area contributed by atoms with Gasteiger partial charge < -0.3 is 9.31 Å². The lowest BCUT2D eigenvalue weighted by molar-refractivity contribution is 0.431. The summed E-state index contributed by atoms with van der Waals surface area (Å²) in [7, 11) is -0.516. The fourth-order valence-electron chi connectivity index (χ4n) is 3.88. The van der Waals surface area contributed by atoms with E-state index in [0.717, 1.165) is 44.4 Å². The molecule has 0 unspecified atom stereocenters. The van der Waals surface area contributed by atoms with Gasteiger partial charge in [0.1, 0.15) is 23.0 Å². The molecule has 0 radical (unpaired) electrons. The van der Waals surface area contributed by atoms with E-state index >= 15 is 0 Å². The second-order valence-electron chi connectivity index (χ2n) is 7.25. The van der Waals surface area contributed by atoms with Gasteiger partial charge in [0.15, 0.2) is 0 Å². The number of benzene rings is 3. The lowest BCUT2D eigenvalue weighted by atomic mass is 9.79. The quantitative estimate of drug-likeness (QED) is 0.418. The number of para-hydroxylation sites is 3. The van der Waals surface area contributed by atoms with Crippen LogP contribution in [0, 0.1) is 0 Å². The van der Waals surface area contributed by atoms with Crippen LogP contribution in [0.4, 0.5) is 0 Å². The van der Waals surface area contributed by atoms with Gasteiger partial charge in [-0.1, -0.05) is 61.7 Å². The van der Waals surface area contributed by atoms with E-state index in [9.17, 15) is 0 Å². The number of hydrogen-bond donors (Lipinski definition) is 0. The van der Waals surface area contributed by atoms with Crippen LogP contribution in [0.1, 0.15) is 0 Å². The highest BCUT2D eigenvalue weighted by Crippen LogP contribution is 2.29. The lowest BCUT2D eigenvalue weighted by Gasteiger charge is -2.10. The van der Waals surface area contributed by atoms with Crippen LogP contribution in [0.3, 0.4) is 0 Å². The SMILES string of the molecule is C=C1OB(c2ccc(-c3nc4ccccc4c4nc5ccccc5n34)cc2)OC1=C. The molecule has 1 fully saturated rings. The Bertz CT molecular complexity index is 1470. The lowest BCUT2D eigenvalue weighted by Crippen LogP contribution is -2.31. The average Bonchev–Trinajstić information content (AvgIpc) is 3.34. The van der Waals surface area contributed by atoms with Gasteiger partial charge in [-0.05, 0) is 24.3 Å². The maximum Gasteiger partial charge on any atom is 0.632 e. The smallest absolute Gasteiger partial charge is 0.520 e. The van der Waals surface area contributed by atoms with Crippen molar-refractivity contribution >= 4 is 40.2 Å². The van der Waals surface area contributed by atoms with E-state index < -0.39 is 7.12 Å². The first-order valence-electron chi connectivity index (χ1n) is 9.67. The van der Waals surface area contributed by atoms with Gasteiger partial charge in [-0.2, -0.15) is 0 Å². The molecule has 0 saturated carbocycles. The van der Waals surface area contributed by atoms with Crippen LogP contribution in [0.2, 0.25) is 0 Å². The van der Waals surface area contributed by atoms with Crippen LogP contribution in [0.15, 0.2) is 97.5 Å². The Kier molecular flexibility index (Phi) is 3.50. The molecule has 6 rings (SSSR count). The van der Waals surface area contributed by atoms with E-state index in [4.69, 9.17) is 19.3 Å². The monoisotopic (exact) mass is 389 g/mol. The average molecular weight is 389 g/mol. The Labute approximate surface area is 173 Å². The van der Waals surface area contributed by atoms with Gasteiger partial charge in [0.05, 0.1) is 16.6 Å². The maximum absolute atomic E-state index is 5.63. The van der Waals surface area contributed by atoms with Crippen LogP contribution in [0.25, 0.3) is 39.0 Å². The molecule has 0 bridgehead atoms. The number of rotatable bonds is 2. The fourth-order valence-corrected chi connectivity index (χ4v) is 3.88. The van der Waals surface area contributed by atoms with Gasteiger partial charge in [0.2, 0.25) is 0 Å². The number of fused-ring (bicyclic) bond motifs is 5. The summed E-state index contributed by atoms with van der Waals surface area (Å²) in [6, 6.07) is 24.2. The van der Waals surface area contributed by atoms with E-state index in [1.54, 1.807) is 0 Å². The van der Waals surface area contributed by atoms with Gasteiger partial charge in [-0.15, -0.1) is 0 Å². The second kappa shape index (κ2) is 6.22. The molecule has 142 valence electrons. The Morgan fingerprint density at radius 2 is 1.40 bits per heavy atom. The minimum absolute atomic E-state index is 0.465. The van der Waals surface area contributed by atoms with Crippen LogP contribution in [-0.2, 0) is 9.31 Å². The molecule has 0 spiro atoms. The highest BCUT2D eigenvalue weighted by atomic mass is 16.6. The molecule has 6 heteroatoms. The first-order chi connectivity index (χ1) is 14.7. The third-order valence-corrected chi connectivity index (χ3v) is 5.39. The summed E-state index contributed by atoms with van der Waals surface area (Å²) in [6.45, 7) is 7.59. The summed E-state index contributed by atoms with van der Waals surface area (Å²) in [4.78, 5) is 9.87. The van der Waals surface area contributed by atoms with Crippen molar-refractivity contribution in [1.82, 2.24) is 14.4 Å². The zero-order valence-corrected chi connectivity index (χ0v) is 16.1. The van der Waals surface area contributed by atoms with Gasteiger partial charge in [-0.3, -0.25) is 4.40 Å². The number of nitrogens with zero attached hydrogens (tertiary/aromatic N) is 3. The molecule has 0 aliphatic carbocycles. The van der Waals surface area contributed by atoms with Gasteiger partial charge in [0, 0.05) is 16.4 Å². The molecular formula is C24H16BN3O2. The first kappa shape index (κ1) is 16.9. The predicted molar refractivity (Wildman–Crippen MR) is 119 cm³/mol. The van der Waals surface area contributed by atoms with E-state index in [2.05, 4.69) is 29.7 Å². The number of aromatic nitrogens is 3. The molecule has 0 amide bonds. The molecule has 1 aliphatic rings. The normalized spacial score (nSPS) is 13.9. The summed E-state index contributed by atoms with van der Waals surface area (Å²) in [6.07, 6.45) is 0. The van der Waals surface area contributed by atoms with Crippen LogP contribution < -0.4 is 5.46 Å². The van der Waals surface area contributed by atoms with Crippen LogP contribution >= 0.6 is 0 Å². The van der Waals surface area contributed by atoms with Crippen molar-refractivity contribution in [2.75, 3.05) is 0 Å². The standard InChI is InChI=1S/C24H16BN3O2/c1-15-16(2)30-25(29-15)18-13-11-17(12-14-18)23-26-20-8-4-3-7-19(20)24-27-21-9-5-6-10-22(21)28(23)24/h3-14H,1-2H2. The zero-order valence-electron chi connectivity index (χ0n) is 16.1. The zero-order chi connectivity index (χ0) is 20.2. The molecule has 3 heterocycles. The molecule has 30 heavy (non-hydrogen) atoms.